The van der Waals surface area contributed by atoms with E-state index >= 15 is 0 Å². The quantitative estimate of drug-likeness (QED) is 0.316. The fraction of sp³-hybridized carbons (Fsp3) is 0.111. The summed E-state index contributed by atoms with van der Waals surface area (Å²) in [4.78, 5) is 0. The van der Waals surface area contributed by atoms with Gasteiger partial charge in [0.1, 0.15) is 0 Å². The van der Waals surface area contributed by atoms with Crippen LogP contribution in [-0.4, -0.2) is 11.5 Å². The Kier molecular flexibility index (Phi) is 8.45. The molecule has 2 aromatic rings. The summed E-state index contributed by atoms with van der Waals surface area (Å²) in [5.41, 5.74) is 2.45. The van der Waals surface area contributed by atoms with E-state index in [2.05, 4.69) is 92.6 Å². The minimum Gasteiger partial charge on any atom is -0.0897 e. The molecule has 0 nitrogen and oxygen atoms in total. The van der Waals surface area contributed by atoms with Gasteiger partial charge in [-0.1, -0.05) is 114 Å². The zero-order chi connectivity index (χ0) is 15.6. The first-order valence-electron chi connectivity index (χ1n) is 6.84. The fourth-order valence-corrected chi connectivity index (χ4v) is 4.17. The summed E-state index contributed by atoms with van der Waals surface area (Å²) in [6.45, 7) is 0. The summed E-state index contributed by atoms with van der Waals surface area (Å²) in [7, 11) is 3.74. The molecule has 2 rings (SSSR count). The first-order valence-corrected chi connectivity index (χ1v) is 10.9. The second-order valence-electron chi connectivity index (χ2n) is 4.42. The van der Waals surface area contributed by atoms with E-state index in [-0.39, 0.29) is 0 Å². The summed E-state index contributed by atoms with van der Waals surface area (Å²) >= 11 is 7.10. The Morgan fingerprint density at radius 2 is 1.09 bits per heavy atom. The Balaban J connectivity index is 1.66. The molecule has 0 saturated carbocycles. The zero-order valence-electron chi connectivity index (χ0n) is 11.9. The van der Waals surface area contributed by atoms with Crippen molar-refractivity contribution in [1.29, 1.82) is 0 Å². The van der Waals surface area contributed by atoms with Crippen LogP contribution in [0, 0.1) is 0 Å². The molecule has 22 heavy (non-hydrogen) atoms. The van der Waals surface area contributed by atoms with Crippen molar-refractivity contribution < 1.29 is 0 Å². The largest absolute Gasteiger partial charge is 0.0897 e. The van der Waals surface area contributed by atoms with Gasteiger partial charge in [0.05, 0.1) is 0 Å². The molecule has 0 unspecified atom stereocenters. The van der Waals surface area contributed by atoms with E-state index in [1.807, 2.05) is 33.7 Å². The van der Waals surface area contributed by atoms with E-state index in [9.17, 15) is 0 Å². The van der Waals surface area contributed by atoms with Crippen LogP contribution in [0.15, 0.2) is 69.6 Å². The minimum atomic E-state index is 1.01. The Labute approximate surface area is 157 Å². The van der Waals surface area contributed by atoms with Crippen molar-refractivity contribution in [3.05, 3.63) is 80.8 Å². The van der Waals surface area contributed by atoms with Gasteiger partial charge in [-0.3, -0.25) is 0 Å². The summed E-state index contributed by atoms with van der Waals surface area (Å²) in [6.07, 6.45) is 8.73. The number of hydrogen-bond acceptors (Lipinski definition) is 2. The second kappa shape index (κ2) is 10.4. The van der Waals surface area contributed by atoms with Crippen LogP contribution in [0.3, 0.4) is 0 Å². The van der Waals surface area contributed by atoms with Gasteiger partial charge in [0.15, 0.2) is 0 Å². The first-order chi connectivity index (χ1) is 10.8. The van der Waals surface area contributed by atoms with E-state index in [1.165, 1.54) is 11.1 Å². The predicted molar refractivity (Wildman–Crippen MR) is 111 cm³/mol. The molecule has 0 spiro atoms. The Morgan fingerprint density at radius 1 is 0.682 bits per heavy atom. The molecule has 0 aliphatic rings. The molecular weight excluding hydrogens is 440 g/mol. The number of hydrogen-bond donors (Lipinski definition) is 0. The lowest BCUT2D eigenvalue weighted by Crippen LogP contribution is -1.75. The highest BCUT2D eigenvalue weighted by Crippen LogP contribution is 2.24. The number of rotatable bonds is 7. The summed E-state index contributed by atoms with van der Waals surface area (Å²) in [6, 6.07) is 16.5. The van der Waals surface area contributed by atoms with Gasteiger partial charge in [0, 0.05) is 20.5 Å². The van der Waals surface area contributed by atoms with Gasteiger partial charge in [-0.05, 0) is 23.3 Å². The molecule has 0 bridgehead atoms. The Morgan fingerprint density at radius 3 is 1.50 bits per heavy atom. The van der Waals surface area contributed by atoms with Crippen LogP contribution in [0.25, 0.3) is 12.2 Å². The van der Waals surface area contributed by atoms with Crippen LogP contribution in [0.4, 0.5) is 0 Å². The Hall–Kier alpha value is -0.420. The van der Waals surface area contributed by atoms with E-state index in [1.54, 1.807) is 0 Å². The van der Waals surface area contributed by atoms with Gasteiger partial charge in [0.25, 0.3) is 0 Å². The number of halogens is 2. The van der Waals surface area contributed by atoms with Crippen molar-refractivity contribution in [3.63, 3.8) is 0 Å². The SMILES string of the molecule is Brc1ccccc1/C=C/CSSC/C=C/c1ccccc1Br. The van der Waals surface area contributed by atoms with E-state index in [0.29, 0.717) is 0 Å². The molecule has 0 radical (unpaired) electrons. The third-order valence-corrected chi connectivity index (χ3v) is 6.40. The van der Waals surface area contributed by atoms with Gasteiger partial charge >= 0.3 is 0 Å². The highest BCUT2D eigenvalue weighted by Gasteiger charge is 1.93. The van der Waals surface area contributed by atoms with Crippen LogP contribution in [-0.2, 0) is 0 Å². The van der Waals surface area contributed by atoms with Crippen LogP contribution in [0.1, 0.15) is 11.1 Å². The van der Waals surface area contributed by atoms with Crippen molar-refractivity contribution in [2.45, 2.75) is 0 Å². The average molecular weight is 456 g/mol. The molecule has 0 aliphatic carbocycles. The van der Waals surface area contributed by atoms with Crippen molar-refractivity contribution in [3.8, 4) is 0 Å². The van der Waals surface area contributed by atoms with Gasteiger partial charge in [0.2, 0.25) is 0 Å². The molecule has 2 aromatic carbocycles. The highest BCUT2D eigenvalue weighted by molar-refractivity contribution is 9.10. The third kappa shape index (κ3) is 6.37. The van der Waals surface area contributed by atoms with Gasteiger partial charge in [-0.2, -0.15) is 0 Å². The average Bonchev–Trinajstić information content (AvgIpc) is 2.53. The maximum atomic E-state index is 3.55. The summed E-state index contributed by atoms with van der Waals surface area (Å²) in [5.74, 6) is 2.02. The lowest BCUT2D eigenvalue weighted by atomic mass is 10.2. The van der Waals surface area contributed by atoms with Gasteiger partial charge in [-0.25, -0.2) is 0 Å². The maximum absolute atomic E-state index is 3.55. The van der Waals surface area contributed by atoms with Crippen molar-refractivity contribution >= 4 is 65.6 Å². The van der Waals surface area contributed by atoms with Crippen molar-refractivity contribution in [2.24, 2.45) is 0 Å². The molecule has 0 saturated heterocycles. The summed E-state index contributed by atoms with van der Waals surface area (Å²) in [5, 5.41) is 0. The zero-order valence-corrected chi connectivity index (χ0v) is 16.7. The maximum Gasteiger partial charge on any atom is 0.0247 e. The topological polar surface area (TPSA) is 0 Å². The minimum absolute atomic E-state index is 1.01. The Bertz CT molecular complexity index is 594. The molecule has 0 N–H and O–H groups in total. The van der Waals surface area contributed by atoms with Gasteiger partial charge in [-0.15, -0.1) is 0 Å². The van der Waals surface area contributed by atoms with Crippen LogP contribution in [0.5, 0.6) is 0 Å². The van der Waals surface area contributed by atoms with Crippen molar-refractivity contribution in [2.75, 3.05) is 11.5 Å². The summed E-state index contributed by atoms with van der Waals surface area (Å²) < 4.78 is 2.28. The van der Waals surface area contributed by atoms with Crippen LogP contribution >= 0.6 is 53.4 Å². The van der Waals surface area contributed by atoms with Crippen LogP contribution in [0.2, 0.25) is 0 Å². The monoisotopic (exact) mass is 454 g/mol. The molecule has 0 aromatic heterocycles. The molecule has 0 aliphatic heterocycles. The molecule has 0 fully saturated rings. The van der Waals surface area contributed by atoms with E-state index in [4.69, 9.17) is 0 Å². The third-order valence-electron chi connectivity index (χ3n) is 2.82. The lowest BCUT2D eigenvalue weighted by molar-refractivity contribution is 1.59. The molecule has 0 atom stereocenters. The number of benzene rings is 2. The highest BCUT2D eigenvalue weighted by atomic mass is 79.9. The molecule has 114 valence electrons. The lowest BCUT2D eigenvalue weighted by Gasteiger charge is -1.98. The molecular formula is C18H16Br2S2. The van der Waals surface area contributed by atoms with E-state index in [0.717, 1.165) is 20.5 Å². The first kappa shape index (κ1) is 17.9. The molecule has 0 amide bonds. The fourth-order valence-electron chi connectivity index (χ4n) is 1.75. The van der Waals surface area contributed by atoms with Crippen molar-refractivity contribution in [1.82, 2.24) is 0 Å². The molecule has 4 heteroatoms. The second-order valence-corrected chi connectivity index (χ2v) is 8.68. The normalized spacial score (nSPS) is 11.5. The van der Waals surface area contributed by atoms with E-state index < -0.39 is 0 Å². The van der Waals surface area contributed by atoms with Crippen LogP contribution < -0.4 is 0 Å². The molecule has 0 heterocycles. The smallest absolute Gasteiger partial charge is 0.0247 e. The predicted octanol–water partition coefficient (Wildman–Crippen LogP) is 7.32. The standard InChI is InChI=1S/C18H16Br2S2/c19-17-11-3-1-7-15(17)9-5-13-21-22-14-6-10-16-8-2-4-12-18(16)20/h1-12H,13-14H2/b9-5+,10-6+. The van der Waals surface area contributed by atoms with Gasteiger partial charge < -0.3 is 0 Å².